The molecular weight excluding hydrogens is 380 g/mol. The van der Waals surface area contributed by atoms with Crippen LogP contribution in [0.4, 0.5) is 16.2 Å². The third-order valence-corrected chi connectivity index (χ3v) is 4.42. The van der Waals surface area contributed by atoms with Gasteiger partial charge in [0.1, 0.15) is 17.2 Å². The Balaban J connectivity index is 2.68. The molecule has 0 heterocycles. The third-order valence-electron chi connectivity index (χ3n) is 4.42. The molecule has 0 aliphatic rings. The summed E-state index contributed by atoms with van der Waals surface area (Å²) >= 11 is 0. The molecule has 0 fully saturated rings. The fraction of sp³-hybridized carbons (Fsp3) is 0.458. The van der Waals surface area contributed by atoms with Gasteiger partial charge in [-0.3, -0.25) is 4.90 Å². The van der Waals surface area contributed by atoms with Crippen molar-refractivity contribution in [3.63, 3.8) is 0 Å². The van der Waals surface area contributed by atoms with Crippen molar-refractivity contribution in [2.24, 2.45) is 0 Å². The molecule has 6 heteroatoms. The Morgan fingerprint density at radius 2 is 1.43 bits per heavy atom. The average Bonchev–Trinajstić information content (AvgIpc) is 2.68. The van der Waals surface area contributed by atoms with E-state index in [-0.39, 0.29) is 18.2 Å². The maximum Gasteiger partial charge on any atom is 0.329 e. The SMILES string of the molecule is CCN(CC)C(=O)N(c1cc(OC(C)C)cc(OC(C)C)c1)c1ccccc1OC. The first-order valence-electron chi connectivity index (χ1n) is 10.5. The normalized spacial score (nSPS) is 10.8. The Morgan fingerprint density at radius 1 is 0.900 bits per heavy atom. The second kappa shape index (κ2) is 10.8. The molecule has 0 spiro atoms. The summed E-state index contributed by atoms with van der Waals surface area (Å²) in [6.07, 6.45) is -0.0179. The number of methoxy groups -OCH3 is 1. The molecule has 0 aliphatic carbocycles. The van der Waals surface area contributed by atoms with Crippen molar-refractivity contribution in [1.29, 1.82) is 0 Å². The molecule has 0 aliphatic heterocycles. The van der Waals surface area contributed by atoms with Crippen molar-refractivity contribution in [3.05, 3.63) is 42.5 Å². The molecule has 0 saturated heterocycles. The van der Waals surface area contributed by atoms with Crippen molar-refractivity contribution in [1.82, 2.24) is 4.90 Å². The minimum atomic E-state index is -0.137. The maximum absolute atomic E-state index is 13.6. The monoisotopic (exact) mass is 414 g/mol. The van der Waals surface area contributed by atoms with E-state index in [2.05, 4.69) is 0 Å². The largest absolute Gasteiger partial charge is 0.495 e. The van der Waals surface area contributed by atoms with Gasteiger partial charge in [0, 0.05) is 31.3 Å². The van der Waals surface area contributed by atoms with Crippen molar-refractivity contribution >= 4 is 17.4 Å². The molecule has 2 aromatic rings. The lowest BCUT2D eigenvalue weighted by Gasteiger charge is -2.31. The number of carbonyl (C=O) groups excluding carboxylic acids is 1. The lowest BCUT2D eigenvalue weighted by Crippen LogP contribution is -2.40. The van der Waals surface area contributed by atoms with E-state index in [1.807, 2.05) is 84.0 Å². The lowest BCUT2D eigenvalue weighted by atomic mass is 10.2. The summed E-state index contributed by atoms with van der Waals surface area (Å²) in [5.41, 5.74) is 1.32. The number of nitrogens with zero attached hydrogens (tertiary/aromatic N) is 2. The first kappa shape index (κ1) is 23.4. The highest BCUT2D eigenvalue weighted by molar-refractivity contribution is 6.01. The van der Waals surface area contributed by atoms with Gasteiger partial charge in [-0.1, -0.05) is 12.1 Å². The van der Waals surface area contributed by atoms with Crippen molar-refractivity contribution in [2.75, 3.05) is 25.1 Å². The third kappa shape index (κ3) is 5.81. The molecule has 0 unspecified atom stereocenters. The van der Waals surface area contributed by atoms with E-state index in [9.17, 15) is 4.79 Å². The highest BCUT2D eigenvalue weighted by atomic mass is 16.5. The van der Waals surface area contributed by atoms with Crippen LogP contribution in [0.1, 0.15) is 41.5 Å². The van der Waals surface area contributed by atoms with E-state index in [1.165, 1.54) is 0 Å². The minimum Gasteiger partial charge on any atom is -0.495 e. The maximum atomic E-state index is 13.6. The van der Waals surface area contributed by atoms with Crippen molar-refractivity contribution < 1.29 is 19.0 Å². The van der Waals surface area contributed by atoms with Crippen molar-refractivity contribution in [2.45, 2.75) is 53.8 Å². The molecule has 0 saturated carbocycles. The van der Waals surface area contributed by atoms with Gasteiger partial charge in [-0.25, -0.2) is 4.79 Å². The first-order valence-corrected chi connectivity index (χ1v) is 10.5. The number of amides is 2. The number of hydrogen-bond donors (Lipinski definition) is 0. The van der Waals surface area contributed by atoms with Gasteiger partial charge in [0.05, 0.1) is 30.7 Å². The number of ether oxygens (including phenoxy) is 3. The predicted octanol–water partition coefficient (Wildman–Crippen LogP) is 5.87. The van der Waals surface area contributed by atoms with Crippen LogP contribution in [-0.2, 0) is 0 Å². The molecule has 0 atom stereocenters. The van der Waals surface area contributed by atoms with E-state index in [0.717, 1.165) is 0 Å². The van der Waals surface area contributed by atoms with E-state index < -0.39 is 0 Å². The van der Waals surface area contributed by atoms with Gasteiger partial charge in [0.25, 0.3) is 0 Å². The van der Waals surface area contributed by atoms with Crippen LogP contribution >= 0.6 is 0 Å². The summed E-state index contributed by atoms with van der Waals surface area (Å²) in [6, 6.07) is 12.9. The quantitative estimate of drug-likeness (QED) is 0.515. The standard InChI is InChI=1S/C24H34N2O4/c1-8-25(9-2)24(27)26(22-12-10-11-13-23(22)28-7)19-14-20(29-17(3)4)16-21(15-19)30-18(5)6/h10-18H,8-9H2,1-7H3. The van der Waals surface area contributed by atoms with Crippen LogP contribution in [0.2, 0.25) is 0 Å². The molecule has 2 aromatic carbocycles. The molecule has 0 bridgehead atoms. The summed E-state index contributed by atoms with van der Waals surface area (Å²) in [6.45, 7) is 13.0. The van der Waals surface area contributed by atoms with Gasteiger partial charge in [-0.2, -0.15) is 0 Å². The number of rotatable bonds is 9. The first-order chi connectivity index (χ1) is 14.3. The summed E-state index contributed by atoms with van der Waals surface area (Å²) in [4.78, 5) is 17.0. The van der Waals surface area contributed by atoms with E-state index in [0.29, 0.717) is 41.7 Å². The van der Waals surface area contributed by atoms with Gasteiger partial charge in [-0.05, 0) is 53.7 Å². The zero-order chi connectivity index (χ0) is 22.3. The number of para-hydroxylation sites is 2. The number of anilines is 2. The number of hydrogen-bond acceptors (Lipinski definition) is 4. The van der Waals surface area contributed by atoms with Crippen LogP contribution in [0.15, 0.2) is 42.5 Å². The molecule has 0 N–H and O–H groups in total. The van der Waals surface area contributed by atoms with E-state index in [4.69, 9.17) is 14.2 Å². The molecule has 0 radical (unpaired) electrons. The molecule has 2 amide bonds. The Bertz CT molecular complexity index is 803. The minimum absolute atomic E-state index is 0.00894. The summed E-state index contributed by atoms with van der Waals surface area (Å²) in [5, 5.41) is 0. The fourth-order valence-electron chi connectivity index (χ4n) is 3.17. The predicted molar refractivity (Wildman–Crippen MR) is 121 cm³/mol. The van der Waals surface area contributed by atoms with E-state index >= 15 is 0 Å². The van der Waals surface area contributed by atoms with Crippen molar-refractivity contribution in [3.8, 4) is 17.2 Å². The van der Waals surface area contributed by atoms with Gasteiger partial charge < -0.3 is 19.1 Å². The fourth-order valence-corrected chi connectivity index (χ4v) is 3.17. The second-order valence-corrected chi connectivity index (χ2v) is 7.46. The summed E-state index contributed by atoms with van der Waals surface area (Å²) < 4.78 is 17.5. The smallest absolute Gasteiger partial charge is 0.329 e. The highest BCUT2D eigenvalue weighted by Gasteiger charge is 2.26. The summed E-state index contributed by atoms with van der Waals surface area (Å²) in [5.74, 6) is 1.90. The zero-order valence-corrected chi connectivity index (χ0v) is 19.1. The number of urea groups is 1. The number of benzene rings is 2. The average molecular weight is 415 g/mol. The van der Waals surface area contributed by atoms with Gasteiger partial charge >= 0.3 is 6.03 Å². The van der Waals surface area contributed by atoms with E-state index in [1.54, 1.807) is 16.9 Å². The van der Waals surface area contributed by atoms with Gasteiger partial charge in [0.2, 0.25) is 0 Å². The van der Waals surface area contributed by atoms with Crippen LogP contribution in [0.3, 0.4) is 0 Å². The van der Waals surface area contributed by atoms with Gasteiger partial charge in [0.15, 0.2) is 0 Å². The molecule has 2 rings (SSSR count). The van der Waals surface area contributed by atoms with Crippen LogP contribution < -0.4 is 19.1 Å². The Hall–Kier alpha value is -2.89. The Kier molecular flexibility index (Phi) is 8.39. The summed E-state index contributed by atoms with van der Waals surface area (Å²) in [7, 11) is 1.60. The Labute approximate surface area is 180 Å². The molecular formula is C24H34N2O4. The zero-order valence-electron chi connectivity index (χ0n) is 19.1. The van der Waals surface area contributed by atoms with Gasteiger partial charge in [-0.15, -0.1) is 0 Å². The molecule has 164 valence electrons. The van der Waals surface area contributed by atoms with Crippen LogP contribution in [0.5, 0.6) is 17.2 Å². The second-order valence-electron chi connectivity index (χ2n) is 7.46. The highest BCUT2D eigenvalue weighted by Crippen LogP contribution is 2.38. The molecule has 30 heavy (non-hydrogen) atoms. The molecule has 6 nitrogen and oxygen atoms in total. The molecule has 0 aromatic heterocycles. The van der Waals surface area contributed by atoms with Crippen LogP contribution in [0, 0.1) is 0 Å². The number of carbonyl (C=O) groups is 1. The van der Waals surface area contributed by atoms with Crippen LogP contribution in [0.25, 0.3) is 0 Å². The Morgan fingerprint density at radius 3 is 1.90 bits per heavy atom. The van der Waals surface area contributed by atoms with Crippen LogP contribution in [-0.4, -0.2) is 43.3 Å². The lowest BCUT2D eigenvalue weighted by molar-refractivity contribution is 0.212. The topological polar surface area (TPSA) is 51.2 Å².